The first-order valence-corrected chi connectivity index (χ1v) is 15.4. The zero-order valence-corrected chi connectivity index (χ0v) is 24.6. The molecule has 3 atom stereocenters. The van der Waals surface area contributed by atoms with E-state index in [0.717, 1.165) is 22.3 Å². The first-order valence-electron chi connectivity index (χ1n) is 15.4. The Balaban J connectivity index is 1.01. The van der Waals surface area contributed by atoms with Crippen molar-refractivity contribution in [2.45, 2.75) is 25.2 Å². The molecule has 3 aliphatic carbocycles. The summed E-state index contributed by atoms with van der Waals surface area (Å²) in [6.07, 6.45) is 0.0318. The highest BCUT2D eigenvalue weighted by Gasteiger charge is 2.61. The SMILES string of the molecule is CCOc1ccccc1N1C[C@H](C(=O)Oc2ccc(N3C(=O)[C@H]4C5c6ccccc6C(c6ccccc65)[C@@H]4C3=O)cc2)CC1=O. The monoisotopic (exact) mass is 598 g/mol. The summed E-state index contributed by atoms with van der Waals surface area (Å²) in [6, 6.07) is 30.0. The molecule has 224 valence electrons. The fourth-order valence-electron chi connectivity index (χ4n) is 7.85. The number of carbonyl (C=O) groups is 4. The molecule has 9 rings (SSSR count). The minimum atomic E-state index is -0.643. The fraction of sp³-hybridized carbons (Fsp3) is 0.243. The number of nitrogens with zero attached hydrogens (tertiary/aromatic N) is 2. The first-order chi connectivity index (χ1) is 22.0. The Labute approximate surface area is 260 Å². The van der Waals surface area contributed by atoms with Gasteiger partial charge < -0.3 is 14.4 Å². The van der Waals surface area contributed by atoms with Gasteiger partial charge in [0.2, 0.25) is 17.7 Å². The van der Waals surface area contributed by atoms with Gasteiger partial charge in [0.25, 0.3) is 0 Å². The lowest BCUT2D eigenvalue weighted by Gasteiger charge is -2.45. The summed E-state index contributed by atoms with van der Waals surface area (Å²) >= 11 is 0. The maximum absolute atomic E-state index is 14.0. The van der Waals surface area contributed by atoms with Crippen LogP contribution in [0.5, 0.6) is 11.5 Å². The van der Waals surface area contributed by atoms with E-state index < -0.39 is 23.7 Å². The third-order valence-corrected chi connectivity index (χ3v) is 9.68. The molecular formula is C37H30N2O6. The molecule has 0 N–H and O–H groups in total. The highest BCUT2D eigenvalue weighted by Crippen LogP contribution is 2.61. The van der Waals surface area contributed by atoms with Crippen LogP contribution in [0, 0.1) is 17.8 Å². The van der Waals surface area contributed by atoms with E-state index >= 15 is 0 Å². The Kier molecular flexibility index (Phi) is 6.34. The van der Waals surface area contributed by atoms with Crippen LogP contribution in [0.3, 0.4) is 0 Å². The molecule has 4 aromatic rings. The third kappa shape index (κ3) is 4.12. The Bertz CT molecular complexity index is 1770. The van der Waals surface area contributed by atoms with Crippen LogP contribution in [0.15, 0.2) is 97.1 Å². The molecule has 8 heteroatoms. The number of rotatable bonds is 6. The normalized spacial score (nSPS) is 24.4. The van der Waals surface area contributed by atoms with Crippen molar-refractivity contribution < 1.29 is 28.7 Å². The highest BCUT2D eigenvalue weighted by molar-refractivity contribution is 6.23. The highest BCUT2D eigenvalue weighted by atomic mass is 16.5. The molecule has 0 saturated carbocycles. The largest absolute Gasteiger partial charge is 0.492 e. The molecule has 2 fully saturated rings. The Morgan fingerprint density at radius 3 is 1.82 bits per heavy atom. The van der Waals surface area contributed by atoms with Crippen molar-refractivity contribution in [3.8, 4) is 11.5 Å². The molecule has 0 unspecified atom stereocenters. The molecule has 2 aliphatic heterocycles. The maximum Gasteiger partial charge on any atom is 0.316 e. The van der Waals surface area contributed by atoms with E-state index in [4.69, 9.17) is 9.47 Å². The Morgan fingerprint density at radius 2 is 1.27 bits per heavy atom. The number of esters is 1. The molecule has 3 amide bonds. The number of hydrogen-bond donors (Lipinski definition) is 0. The molecule has 45 heavy (non-hydrogen) atoms. The molecule has 2 saturated heterocycles. The average Bonchev–Trinajstić information content (AvgIpc) is 3.58. The van der Waals surface area contributed by atoms with Gasteiger partial charge in [-0.3, -0.25) is 19.2 Å². The van der Waals surface area contributed by atoms with Gasteiger partial charge in [-0.1, -0.05) is 60.7 Å². The minimum Gasteiger partial charge on any atom is -0.492 e. The van der Waals surface area contributed by atoms with Gasteiger partial charge in [0.05, 0.1) is 35.7 Å². The van der Waals surface area contributed by atoms with Gasteiger partial charge in [0.1, 0.15) is 11.5 Å². The summed E-state index contributed by atoms with van der Waals surface area (Å²) in [7, 11) is 0. The van der Waals surface area contributed by atoms with Gasteiger partial charge >= 0.3 is 5.97 Å². The van der Waals surface area contributed by atoms with Crippen molar-refractivity contribution in [3.05, 3.63) is 119 Å². The predicted octanol–water partition coefficient (Wildman–Crippen LogP) is 5.44. The molecule has 4 aromatic carbocycles. The number of carbonyl (C=O) groups excluding carboxylic acids is 4. The summed E-state index contributed by atoms with van der Waals surface area (Å²) in [4.78, 5) is 56.9. The van der Waals surface area contributed by atoms with Crippen LogP contribution in [0.25, 0.3) is 0 Å². The van der Waals surface area contributed by atoms with Gasteiger partial charge in [0, 0.05) is 24.8 Å². The van der Waals surface area contributed by atoms with Crippen molar-refractivity contribution in [2.24, 2.45) is 17.8 Å². The van der Waals surface area contributed by atoms with Gasteiger partial charge in [-0.15, -0.1) is 0 Å². The van der Waals surface area contributed by atoms with Crippen LogP contribution in [-0.4, -0.2) is 36.8 Å². The number of ether oxygens (including phenoxy) is 2. The Hall–Kier alpha value is -5.24. The van der Waals surface area contributed by atoms with E-state index in [1.807, 2.05) is 43.3 Å². The summed E-state index contributed by atoms with van der Waals surface area (Å²) in [5, 5.41) is 0. The number of imide groups is 1. The van der Waals surface area contributed by atoms with E-state index in [1.165, 1.54) is 4.90 Å². The lowest BCUT2D eigenvalue weighted by Crippen LogP contribution is -2.41. The molecule has 0 radical (unpaired) electrons. The second-order valence-electron chi connectivity index (χ2n) is 12.0. The number of para-hydroxylation sites is 2. The van der Waals surface area contributed by atoms with E-state index in [1.54, 1.807) is 41.3 Å². The first kappa shape index (κ1) is 27.3. The van der Waals surface area contributed by atoms with Crippen LogP contribution in [0.4, 0.5) is 11.4 Å². The van der Waals surface area contributed by atoms with Crippen LogP contribution in [-0.2, 0) is 19.2 Å². The summed E-state index contributed by atoms with van der Waals surface area (Å²) in [5.74, 6) is -2.17. The molecular weight excluding hydrogens is 568 g/mol. The second-order valence-corrected chi connectivity index (χ2v) is 12.0. The molecule has 5 aliphatic rings. The van der Waals surface area contributed by atoms with Crippen molar-refractivity contribution >= 4 is 35.1 Å². The lowest BCUT2D eigenvalue weighted by atomic mass is 9.55. The minimum absolute atomic E-state index is 0.0318. The van der Waals surface area contributed by atoms with Crippen LogP contribution < -0.4 is 19.3 Å². The van der Waals surface area contributed by atoms with Crippen LogP contribution in [0.1, 0.15) is 47.4 Å². The Morgan fingerprint density at radius 1 is 0.733 bits per heavy atom. The van der Waals surface area contributed by atoms with Crippen molar-refractivity contribution in [1.82, 2.24) is 0 Å². The van der Waals surface area contributed by atoms with E-state index in [0.29, 0.717) is 23.7 Å². The van der Waals surface area contributed by atoms with E-state index in [9.17, 15) is 19.2 Å². The van der Waals surface area contributed by atoms with Gasteiger partial charge in [0.15, 0.2) is 0 Å². The second kappa shape index (κ2) is 10.4. The topological polar surface area (TPSA) is 93.2 Å². The summed E-state index contributed by atoms with van der Waals surface area (Å²) < 4.78 is 11.3. The van der Waals surface area contributed by atoms with Crippen molar-refractivity contribution in [1.29, 1.82) is 0 Å². The zero-order valence-electron chi connectivity index (χ0n) is 24.6. The van der Waals surface area contributed by atoms with Gasteiger partial charge in [-0.2, -0.15) is 0 Å². The quantitative estimate of drug-likeness (QED) is 0.167. The summed E-state index contributed by atoms with van der Waals surface area (Å²) in [5.41, 5.74) is 5.57. The molecule has 0 aromatic heterocycles. The number of benzene rings is 4. The fourth-order valence-corrected chi connectivity index (χ4v) is 7.85. The number of anilines is 2. The third-order valence-electron chi connectivity index (χ3n) is 9.68. The smallest absolute Gasteiger partial charge is 0.316 e. The lowest BCUT2D eigenvalue weighted by molar-refractivity contribution is -0.139. The zero-order chi connectivity index (χ0) is 30.8. The van der Waals surface area contributed by atoms with Crippen LogP contribution >= 0.6 is 0 Å². The molecule has 2 bridgehead atoms. The van der Waals surface area contributed by atoms with Gasteiger partial charge in [-0.25, -0.2) is 4.90 Å². The molecule has 0 spiro atoms. The number of amides is 3. The molecule has 2 heterocycles. The van der Waals surface area contributed by atoms with E-state index in [2.05, 4.69) is 24.3 Å². The number of hydrogen-bond acceptors (Lipinski definition) is 6. The van der Waals surface area contributed by atoms with Crippen molar-refractivity contribution in [3.63, 3.8) is 0 Å². The van der Waals surface area contributed by atoms with E-state index in [-0.39, 0.29) is 48.3 Å². The maximum atomic E-state index is 14.0. The molecule has 8 nitrogen and oxygen atoms in total. The summed E-state index contributed by atoms with van der Waals surface area (Å²) in [6.45, 7) is 2.52. The standard InChI is InChI=1S/C37H30N2O6/c1-2-44-29-14-8-7-13-28(29)38-20-21(19-30(38)40)37(43)45-23-17-15-22(16-18-23)39-35(41)33-31-24-9-3-4-10-25(24)32(34(33)36(39)42)27-12-6-5-11-26(27)31/h3-18,21,31-34H,2,19-20H2,1H3/t21-,31?,32?,33+,34+/m1/s1. The van der Waals surface area contributed by atoms with Gasteiger partial charge in [-0.05, 0) is 65.6 Å². The average molecular weight is 599 g/mol. The van der Waals surface area contributed by atoms with Crippen molar-refractivity contribution in [2.75, 3.05) is 23.0 Å². The van der Waals surface area contributed by atoms with Crippen LogP contribution in [0.2, 0.25) is 0 Å². The predicted molar refractivity (Wildman–Crippen MR) is 166 cm³/mol.